The third-order valence-corrected chi connectivity index (χ3v) is 6.73. The van der Waals surface area contributed by atoms with Crippen LogP contribution in [-0.2, 0) is 13.6 Å². The summed E-state index contributed by atoms with van der Waals surface area (Å²) in [7, 11) is 2.06. The van der Waals surface area contributed by atoms with Crippen LogP contribution < -0.4 is 0 Å². The van der Waals surface area contributed by atoms with Crippen molar-refractivity contribution in [1.82, 2.24) is 19.6 Å². The van der Waals surface area contributed by atoms with Crippen LogP contribution in [0.15, 0.2) is 48.3 Å². The van der Waals surface area contributed by atoms with Crippen molar-refractivity contribution in [3.8, 4) is 0 Å². The van der Waals surface area contributed by atoms with E-state index in [1.165, 1.54) is 54.9 Å². The molecule has 0 amide bonds. The minimum absolute atomic E-state index is 0.567. The zero-order valence-electron chi connectivity index (χ0n) is 15.2. The second kappa shape index (κ2) is 5.34. The van der Waals surface area contributed by atoms with Crippen LogP contribution in [0.3, 0.4) is 0 Å². The Morgan fingerprint density at radius 1 is 1.12 bits per heavy atom. The van der Waals surface area contributed by atoms with Gasteiger partial charge >= 0.3 is 0 Å². The van der Waals surface area contributed by atoms with E-state index in [9.17, 15) is 0 Å². The van der Waals surface area contributed by atoms with Crippen LogP contribution >= 0.6 is 0 Å². The van der Waals surface area contributed by atoms with Gasteiger partial charge in [0.15, 0.2) is 0 Å². The Kier molecular flexibility index (Phi) is 3.04. The number of nitrogens with zero attached hydrogens (tertiary/aromatic N) is 4. The standard InChI is InChI=1S/C22H24N4/c1-24-19(8-10-23-24)20-13-15-6-4-11-25-12-9-18-17-7-3-2-5-16(17)14-26(20)22(18)21(15)25/h2-3,5,7-8,10,13,15,21H,4,6,9,11-12,14H2,1H3/t15?,21-/m0/s1. The molecule has 0 bridgehead atoms. The van der Waals surface area contributed by atoms with Gasteiger partial charge in [-0.3, -0.25) is 9.58 Å². The number of aromatic nitrogens is 2. The first-order valence-electron chi connectivity index (χ1n) is 9.84. The molecule has 0 N–H and O–H groups in total. The molecule has 4 aliphatic heterocycles. The summed E-state index contributed by atoms with van der Waals surface area (Å²) in [6.45, 7) is 3.43. The Morgan fingerprint density at radius 3 is 2.92 bits per heavy atom. The van der Waals surface area contributed by atoms with E-state index in [1.54, 1.807) is 11.3 Å². The van der Waals surface area contributed by atoms with E-state index >= 15 is 0 Å². The predicted molar refractivity (Wildman–Crippen MR) is 103 cm³/mol. The molecule has 6 rings (SSSR count). The van der Waals surface area contributed by atoms with Gasteiger partial charge in [0.1, 0.15) is 0 Å². The lowest BCUT2D eigenvalue weighted by molar-refractivity contribution is 0.105. The number of benzene rings is 1. The van der Waals surface area contributed by atoms with Crippen LogP contribution in [0.5, 0.6) is 0 Å². The Balaban J connectivity index is 1.61. The van der Waals surface area contributed by atoms with Crippen LogP contribution in [-0.4, -0.2) is 38.7 Å². The number of rotatable bonds is 1. The summed E-state index contributed by atoms with van der Waals surface area (Å²) in [4.78, 5) is 5.35. The maximum Gasteiger partial charge on any atom is 0.0840 e. The number of piperidine rings is 1. The number of hydrogen-bond acceptors (Lipinski definition) is 3. The lowest BCUT2D eigenvalue weighted by atomic mass is 9.75. The van der Waals surface area contributed by atoms with E-state index < -0.39 is 0 Å². The van der Waals surface area contributed by atoms with Crippen molar-refractivity contribution < 1.29 is 0 Å². The summed E-state index contributed by atoms with van der Waals surface area (Å²) in [5.74, 6) is 0.625. The van der Waals surface area contributed by atoms with Crippen LogP contribution in [0.2, 0.25) is 0 Å². The lowest BCUT2D eigenvalue weighted by Gasteiger charge is -2.53. The zero-order chi connectivity index (χ0) is 17.3. The molecule has 1 aromatic heterocycles. The van der Waals surface area contributed by atoms with E-state index in [4.69, 9.17) is 0 Å². The smallest absolute Gasteiger partial charge is 0.0840 e. The molecule has 1 saturated heterocycles. The van der Waals surface area contributed by atoms with Crippen molar-refractivity contribution in [2.75, 3.05) is 13.1 Å². The Bertz CT molecular complexity index is 951. The van der Waals surface area contributed by atoms with Crippen LogP contribution in [0.25, 0.3) is 11.3 Å². The molecule has 132 valence electrons. The van der Waals surface area contributed by atoms with Gasteiger partial charge in [0.2, 0.25) is 0 Å². The van der Waals surface area contributed by atoms with Gasteiger partial charge in [0.25, 0.3) is 0 Å². The average molecular weight is 344 g/mol. The molecule has 1 unspecified atom stereocenters. The second-order valence-electron chi connectivity index (χ2n) is 8.04. The van der Waals surface area contributed by atoms with E-state index in [0.29, 0.717) is 12.0 Å². The molecule has 0 aliphatic carbocycles. The molecule has 4 heteroatoms. The highest BCUT2D eigenvalue weighted by Crippen LogP contribution is 2.49. The molecule has 26 heavy (non-hydrogen) atoms. The SMILES string of the molecule is Cn1nccc1C1=CC2CCCN3CCC4=C([C@H]23)N1Cc1ccccc14. The first kappa shape index (κ1) is 14.8. The summed E-state index contributed by atoms with van der Waals surface area (Å²) >= 11 is 0. The molecular weight excluding hydrogens is 320 g/mol. The van der Waals surface area contributed by atoms with Crippen molar-refractivity contribution in [2.45, 2.75) is 31.8 Å². The van der Waals surface area contributed by atoms with Crippen molar-refractivity contribution in [3.63, 3.8) is 0 Å². The summed E-state index contributed by atoms with van der Waals surface area (Å²) in [6.07, 6.45) is 8.26. The normalized spacial score (nSPS) is 27.1. The molecular formula is C22H24N4. The highest BCUT2D eigenvalue weighted by Gasteiger charge is 2.45. The third kappa shape index (κ3) is 1.91. The van der Waals surface area contributed by atoms with Crippen molar-refractivity contribution in [1.29, 1.82) is 0 Å². The van der Waals surface area contributed by atoms with Crippen molar-refractivity contribution in [2.24, 2.45) is 13.0 Å². The molecule has 1 aromatic carbocycles. The first-order valence-corrected chi connectivity index (χ1v) is 9.84. The van der Waals surface area contributed by atoms with E-state index in [-0.39, 0.29) is 0 Å². The van der Waals surface area contributed by atoms with E-state index in [0.717, 1.165) is 6.54 Å². The van der Waals surface area contributed by atoms with Gasteiger partial charge < -0.3 is 4.90 Å². The first-order chi connectivity index (χ1) is 12.8. The maximum atomic E-state index is 4.45. The topological polar surface area (TPSA) is 24.3 Å². The minimum Gasteiger partial charge on any atom is -0.337 e. The van der Waals surface area contributed by atoms with Gasteiger partial charge in [-0.05, 0) is 48.6 Å². The maximum absolute atomic E-state index is 4.45. The van der Waals surface area contributed by atoms with Gasteiger partial charge in [-0.15, -0.1) is 0 Å². The van der Waals surface area contributed by atoms with Gasteiger partial charge in [0, 0.05) is 37.9 Å². The van der Waals surface area contributed by atoms with Gasteiger partial charge in [-0.25, -0.2) is 0 Å². The molecule has 0 radical (unpaired) electrons. The highest BCUT2D eigenvalue weighted by molar-refractivity contribution is 5.80. The number of hydrogen-bond donors (Lipinski definition) is 0. The van der Waals surface area contributed by atoms with Gasteiger partial charge in [-0.2, -0.15) is 5.10 Å². The number of aryl methyl sites for hydroxylation is 1. The second-order valence-corrected chi connectivity index (χ2v) is 8.04. The van der Waals surface area contributed by atoms with Crippen molar-refractivity contribution >= 4 is 11.3 Å². The monoisotopic (exact) mass is 344 g/mol. The van der Waals surface area contributed by atoms with Crippen LogP contribution in [0.4, 0.5) is 0 Å². The fourth-order valence-corrected chi connectivity index (χ4v) is 5.62. The van der Waals surface area contributed by atoms with Gasteiger partial charge in [-0.1, -0.05) is 30.3 Å². The lowest BCUT2D eigenvalue weighted by Crippen LogP contribution is -2.55. The number of fused-ring (bicyclic) bond motifs is 2. The highest BCUT2D eigenvalue weighted by atomic mass is 15.3. The van der Waals surface area contributed by atoms with E-state index in [2.05, 4.69) is 58.4 Å². The minimum atomic E-state index is 0.567. The molecule has 5 heterocycles. The molecule has 2 atom stereocenters. The molecule has 2 aromatic rings. The largest absolute Gasteiger partial charge is 0.337 e. The van der Waals surface area contributed by atoms with Crippen LogP contribution in [0.1, 0.15) is 36.1 Å². The summed E-state index contributed by atoms with van der Waals surface area (Å²) in [5, 5.41) is 4.45. The summed E-state index contributed by atoms with van der Waals surface area (Å²) in [5.41, 5.74) is 8.72. The molecule has 4 aliphatic rings. The van der Waals surface area contributed by atoms with Crippen LogP contribution in [0, 0.1) is 5.92 Å². The predicted octanol–water partition coefficient (Wildman–Crippen LogP) is 3.49. The molecule has 1 fully saturated rings. The molecule has 4 nitrogen and oxygen atoms in total. The zero-order valence-corrected chi connectivity index (χ0v) is 15.2. The molecule has 0 spiro atoms. The molecule has 0 saturated carbocycles. The van der Waals surface area contributed by atoms with E-state index in [1.807, 2.05) is 10.9 Å². The average Bonchev–Trinajstić information content (AvgIpc) is 3.11. The Morgan fingerprint density at radius 2 is 2.04 bits per heavy atom. The van der Waals surface area contributed by atoms with Gasteiger partial charge in [0.05, 0.1) is 17.4 Å². The quantitative estimate of drug-likeness (QED) is 0.791. The summed E-state index contributed by atoms with van der Waals surface area (Å²) in [6, 6.07) is 11.8. The van der Waals surface area contributed by atoms with Crippen molar-refractivity contribution in [3.05, 3.63) is 65.1 Å². The summed E-state index contributed by atoms with van der Waals surface area (Å²) < 4.78 is 2.02. The fourth-order valence-electron chi connectivity index (χ4n) is 5.62. The Hall–Kier alpha value is -2.33. The fraction of sp³-hybridized carbons (Fsp3) is 0.409. The Labute approximate surface area is 154 Å². The third-order valence-electron chi connectivity index (χ3n) is 6.73.